The number of rotatable bonds is 3. The molecule has 0 rings (SSSR count). The number of aliphatic imine (C=N–C) groups is 1. The van der Waals surface area contributed by atoms with Crippen LogP contribution in [0.15, 0.2) is 29.4 Å². The molecule has 1 nitrogen and oxygen atoms in total. The lowest BCUT2D eigenvalue weighted by Gasteiger charge is -1.80. The maximum atomic E-state index is 3.96. The SMILES string of the molecule is C=C(C)/N=C\C=C/CC. The lowest BCUT2D eigenvalue weighted by molar-refractivity contribution is 1.23. The smallest absolute Gasteiger partial charge is 0.0300 e. The molecule has 0 aliphatic carbocycles. The summed E-state index contributed by atoms with van der Waals surface area (Å²) < 4.78 is 0. The largest absolute Gasteiger partial charge is 0.262 e. The molecule has 1 heteroatoms. The first kappa shape index (κ1) is 8.15. The minimum absolute atomic E-state index is 0.843. The van der Waals surface area contributed by atoms with Crippen molar-refractivity contribution in [1.29, 1.82) is 0 Å². The second kappa shape index (κ2) is 5.29. The van der Waals surface area contributed by atoms with Gasteiger partial charge in [0, 0.05) is 11.9 Å². The highest BCUT2D eigenvalue weighted by molar-refractivity contribution is 5.71. The molecule has 0 radical (unpaired) electrons. The summed E-state index contributed by atoms with van der Waals surface area (Å²) in [4.78, 5) is 3.96. The van der Waals surface area contributed by atoms with Crippen molar-refractivity contribution >= 4 is 6.21 Å². The third-order valence-electron chi connectivity index (χ3n) is 0.753. The zero-order valence-electron chi connectivity index (χ0n) is 6.09. The molecule has 0 unspecified atom stereocenters. The average Bonchev–Trinajstić information content (AvgIpc) is 1.80. The van der Waals surface area contributed by atoms with Crippen molar-refractivity contribution in [3.63, 3.8) is 0 Å². The molecular weight excluding hydrogens is 110 g/mol. The number of hydrogen-bond acceptors (Lipinski definition) is 1. The van der Waals surface area contributed by atoms with Crippen LogP contribution in [0.4, 0.5) is 0 Å². The topological polar surface area (TPSA) is 12.4 Å². The molecule has 0 aromatic rings. The van der Waals surface area contributed by atoms with Crippen molar-refractivity contribution in [2.75, 3.05) is 0 Å². The van der Waals surface area contributed by atoms with Gasteiger partial charge in [-0.2, -0.15) is 0 Å². The highest BCUT2D eigenvalue weighted by Crippen LogP contribution is 1.85. The van der Waals surface area contributed by atoms with E-state index in [-0.39, 0.29) is 0 Å². The Balaban J connectivity index is 3.47. The minimum Gasteiger partial charge on any atom is -0.262 e. The quantitative estimate of drug-likeness (QED) is 0.511. The van der Waals surface area contributed by atoms with Crippen LogP contribution in [-0.2, 0) is 0 Å². The number of hydrogen-bond donors (Lipinski definition) is 0. The number of nitrogens with zero attached hydrogens (tertiary/aromatic N) is 1. The van der Waals surface area contributed by atoms with Crippen LogP contribution < -0.4 is 0 Å². The molecule has 0 amide bonds. The fourth-order valence-electron chi connectivity index (χ4n) is 0.367. The van der Waals surface area contributed by atoms with E-state index in [0.717, 1.165) is 12.1 Å². The van der Waals surface area contributed by atoms with Gasteiger partial charge in [-0.25, -0.2) is 0 Å². The highest BCUT2D eigenvalue weighted by atomic mass is 14.7. The van der Waals surface area contributed by atoms with Gasteiger partial charge >= 0.3 is 0 Å². The molecule has 0 N–H and O–H groups in total. The zero-order valence-corrected chi connectivity index (χ0v) is 6.09. The predicted molar refractivity (Wildman–Crippen MR) is 42.7 cm³/mol. The van der Waals surface area contributed by atoms with Crippen molar-refractivity contribution in [3.8, 4) is 0 Å². The van der Waals surface area contributed by atoms with E-state index in [4.69, 9.17) is 0 Å². The van der Waals surface area contributed by atoms with Crippen LogP contribution in [0.25, 0.3) is 0 Å². The summed E-state index contributed by atoms with van der Waals surface area (Å²) in [6.45, 7) is 7.58. The Kier molecular flexibility index (Phi) is 4.79. The van der Waals surface area contributed by atoms with Crippen LogP contribution >= 0.6 is 0 Å². The second-order valence-electron chi connectivity index (χ2n) is 1.85. The van der Waals surface area contributed by atoms with Crippen molar-refractivity contribution in [2.45, 2.75) is 20.3 Å². The van der Waals surface area contributed by atoms with Gasteiger partial charge in [0.25, 0.3) is 0 Å². The van der Waals surface area contributed by atoms with Gasteiger partial charge in [0.05, 0.1) is 0 Å². The van der Waals surface area contributed by atoms with Crippen molar-refractivity contribution in [1.82, 2.24) is 0 Å². The van der Waals surface area contributed by atoms with E-state index < -0.39 is 0 Å². The van der Waals surface area contributed by atoms with Gasteiger partial charge in [-0.05, 0) is 19.4 Å². The van der Waals surface area contributed by atoms with Crippen molar-refractivity contribution in [2.24, 2.45) is 4.99 Å². The Bertz CT molecular complexity index is 132. The van der Waals surface area contributed by atoms with E-state index >= 15 is 0 Å². The molecule has 0 aliphatic heterocycles. The van der Waals surface area contributed by atoms with E-state index in [0.29, 0.717) is 0 Å². The summed E-state index contributed by atoms with van der Waals surface area (Å²) in [6.07, 6.45) is 6.79. The Morgan fingerprint density at radius 1 is 1.67 bits per heavy atom. The Morgan fingerprint density at radius 3 is 2.78 bits per heavy atom. The van der Waals surface area contributed by atoms with Gasteiger partial charge in [-0.1, -0.05) is 19.6 Å². The van der Waals surface area contributed by atoms with Gasteiger partial charge in [-0.3, -0.25) is 4.99 Å². The Hall–Kier alpha value is -0.850. The van der Waals surface area contributed by atoms with Gasteiger partial charge < -0.3 is 0 Å². The highest BCUT2D eigenvalue weighted by Gasteiger charge is 1.68. The molecule has 0 aromatic heterocycles. The van der Waals surface area contributed by atoms with Crippen molar-refractivity contribution in [3.05, 3.63) is 24.4 Å². The Morgan fingerprint density at radius 2 is 2.33 bits per heavy atom. The summed E-state index contributed by atoms with van der Waals surface area (Å²) in [5.41, 5.74) is 0.843. The lowest BCUT2D eigenvalue weighted by atomic mass is 10.4. The molecule has 0 aliphatic rings. The van der Waals surface area contributed by atoms with Gasteiger partial charge in [-0.15, -0.1) is 0 Å². The fourth-order valence-corrected chi connectivity index (χ4v) is 0.367. The second-order valence-corrected chi connectivity index (χ2v) is 1.85. The first-order valence-corrected chi connectivity index (χ1v) is 3.12. The number of allylic oxidation sites excluding steroid dienone is 3. The first-order chi connectivity index (χ1) is 4.27. The normalized spacial score (nSPS) is 11.3. The summed E-state index contributed by atoms with van der Waals surface area (Å²) in [5.74, 6) is 0. The summed E-state index contributed by atoms with van der Waals surface area (Å²) in [6, 6.07) is 0. The van der Waals surface area contributed by atoms with Gasteiger partial charge in [0.15, 0.2) is 0 Å². The minimum atomic E-state index is 0.843. The third kappa shape index (κ3) is 7.15. The molecular formula is C8H13N. The summed E-state index contributed by atoms with van der Waals surface area (Å²) in [5, 5.41) is 0. The molecule has 0 bridgehead atoms. The molecule has 0 atom stereocenters. The molecule has 0 spiro atoms. The zero-order chi connectivity index (χ0) is 7.11. The molecule has 50 valence electrons. The molecule has 9 heavy (non-hydrogen) atoms. The van der Waals surface area contributed by atoms with E-state index in [1.165, 1.54) is 0 Å². The van der Waals surface area contributed by atoms with E-state index in [1.54, 1.807) is 6.21 Å². The van der Waals surface area contributed by atoms with Crippen LogP contribution in [0.2, 0.25) is 0 Å². The third-order valence-corrected chi connectivity index (χ3v) is 0.753. The van der Waals surface area contributed by atoms with Crippen LogP contribution in [0.5, 0.6) is 0 Å². The maximum Gasteiger partial charge on any atom is 0.0300 e. The first-order valence-electron chi connectivity index (χ1n) is 3.12. The molecule has 0 aromatic carbocycles. The molecule has 0 saturated carbocycles. The fraction of sp³-hybridized carbons (Fsp3) is 0.375. The molecule has 0 fully saturated rings. The predicted octanol–water partition coefficient (Wildman–Crippen LogP) is 2.56. The Labute approximate surface area is 56.8 Å². The summed E-state index contributed by atoms with van der Waals surface area (Å²) >= 11 is 0. The van der Waals surface area contributed by atoms with Gasteiger partial charge in [0.2, 0.25) is 0 Å². The van der Waals surface area contributed by atoms with Crippen LogP contribution in [0.3, 0.4) is 0 Å². The van der Waals surface area contributed by atoms with Crippen LogP contribution in [0.1, 0.15) is 20.3 Å². The van der Waals surface area contributed by atoms with E-state index in [9.17, 15) is 0 Å². The van der Waals surface area contributed by atoms with E-state index in [2.05, 4.69) is 18.5 Å². The summed E-state index contributed by atoms with van der Waals surface area (Å²) in [7, 11) is 0. The monoisotopic (exact) mass is 123 g/mol. The van der Waals surface area contributed by atoms with Crippen LogP contribution in [-0.4, -0.2) is 6.21 Å². The molecule has 0 saturated heterocycles. The standard InChI is InChI=1S/C8H13N/c1-4-5-6-7-9-8(2)3/h5-7H,2,4H2,1,3H3/b6-5-,9-7-. The lowest BCUT2D eigenvalue weighted by Crippen LogP contribution is -1.65. The van der Waals surface area contributed by atoms with Gasteiger partial charge in [0.1, 0.15) is 0 Å². The van der Waals surface area contributed by atoms with Crippen LogP contribution in [0, 0.1) is 0 Å². The van der Waals surface area contributed by atoms with E-state index in [1.807, 2.05) is 19.1 Å². The average molecular weight is 123 g/mol. The van der Waals surface area contributed by atoms with Crippen molar-refractivity contribution < 1.29 is 0 Å². The molecule has 0 heterocycles. The maximum absolute atomic E-state index is 3.96.